The SMILES string of the molecule is N#CCc1ccc(-c2ccc([N+](=O)[O-])cc2)[nH]c1=O. The molecule has 1 heterocycles. The summed E-state index contributed by atoms with van der Waals surface area (Å²) < 4.78 is 0. The highest BCUT2D eigenvalue weighted by molar-refractivity contribution is 5.60. The van der Waals surface area contributed by atoms with Crippen LogP contribution in [0.25, 0.3) is 11.3 Å². The van der Waals surface area contributed by atoms with Crippen molar-refractivity contribution in [1.82, 2.24) is 4.98 Å². The first-order chi connectivity index (χ1) is 9.11. The third kappa shape index (κ3) is 2.66. The monoisotopic (exact) mass is 255 g/mol. The summed E-state index contributed by atoms with van der Waals surface area (Å²) in [6.07, 6.45) is 0.0515. The van der Waals surface area contributed by atoms with Crippen molar-refractivity contribution in [3.05, 3.63) is 62.4 Å². The van der Waals surface area contributed by atoms with Crippen molar-refractivity contribution in [1.29, 1.82) is 5.26 Å². The molecule has 0 saturated carbocycles. The molecule has 1 N–H and O–H groups in total. The van der Waals surface area contributed by atoms with Gasteiger partial charge in [0.2, 0.25) is 0 Å². The fraction of sp³-hybridized carbons (Fsp3) is 0.0769. The first-order valence-electron chi connectivity index (χ1n) is 5.46. The minimum Gasteiger partial charge on any atom is -0.322 e. The average Bonchev–Trinajstić information content (AvgIpc) is 2.41. The molecular weight excluding hydrogens is 246 g/mol. The van der Waals surface area contributed by atoms with Crippen molar-refractivity contribution in [2.75, 3.05) is 0 Å². The second-order valence-electron chi connectivity index (χ2n) is 3.87. The molecular formula is C13H9N3O3. The van der Waals surface area contributed by atoms with E-state index in [4.69, 9.17) is 5.26 Å². The van der Waals surface area contributed by atoms with Gasteiger partial charge in [-0.25, -0.2) is 0 Å². The van der Waals surface area contributed by atoms with Crippen LogP contribution in [0.1, 0.15) is 5.56 Å². The van der Waals surface area contributed by atoms with E-state index in [9.17, 15) is 14.9 Å². The Hall–Kier alpha value is -2.94. The van der Waals surface area contributed by atoms with E-state index in [0.717, 1.165) is 0 Å². The molecule has 0 atom stereocenters. The molecule has 0 aliphatic rings. The summed E-state index contributed by atoms with van der Waals surface area (Å²) in [5.74, 6) is 0. The number of nitriles is 1. The van der Waals surface area contributed by atoms with Gasteiger partial charge in [0.25, 0.3) is 11.2 Å². The smallest absolute Gasteiger partial charge is 0.269 e. The largest absolute Gasteiger partial charge is 0.322 e. The number of aromatic nitrogens is 1. The molecule has 0 radical (unpaired) electrons. The van der Waals surface area contributed by atoms with Crippen molar-refractivity contribution in [3.8, 4) is 17.3 Å². The van der Waals surface area contributed by atoms with Gasteiger partial charge in [-0.1, -0.05) is 6.07 Å². The number of benzene rings is 1. The van der Waals surface area contributed by atoms with Crippen LogP contribution in [-0.2, 0) is 6.42 Å². The lowest BCUT2D eigenvalue weighted by atomic mass is 10.1. The molecule has 1 aromatic carbocycles. The van der Waals surface area contributed by atoms with Crippen LogP contribution in [0, 0.1) is 21.4 Å². The summed E-state index contributed by atoms with van der Waals surface area (Å²) in [7, 11) is 0. The van der Waals surface area contributed by atoms with Gasteiger partial charge in [-0.15, -0.1) is 0 Å². The van der Waals surface area contributed by atoms with Gasteiger partial charge in [-0.3, -0.25) is 14.9 Å². The zero-order valence-electron chi connectivity index (χ0n) is 9.79. The molecule has 0 unspecified atom stereocenters. The lowest BCUT2D eigenvalue weighted by molar-refractivity contribution is -0.384. The topological polar surface area (TPSA) is 99.8 Å². The van der Waals surface area contributed by atoms with Crippen LogP contribution in [-0.4, -0.2) is 9.91 Å². The number of nitro groups is 1. The van der Waals surface area contributed by atoms with E-state index in [0.29, 0.717) is 16.8 Å². The number of nitrogens with one attached hydrogen (secondary N) is 1. The summed E-state index contributed by atoms with van der Waals surface area (Å²) >= 11 is 0. The van der Waals surface area contributed by atoms with Crippen LogP contribution in [0.5, 0.6) is 0 Å². The van der Waals surface area contributed by atoms with Crippen molar-refractivity contribution >= 4 is 5.69 Å². The summed E-state index contributed by atoms with van der Waals surface area (Å²) in [5, 5.41) is 19.1. The Balaban J connectivity index is 2.37. The first kappa shape index (κ1) is 12.5. The van der Waals surface area contributed by atoms with Gasteiger partial charge in [0, 0.05) is 23.4 Å². The summed E-state index contributed by atoms with van der Waals surface area (Å²) in [5.41, 5.74) is 1.30. The number of rotatable bonds is 3. The van der Waals surface area contributed by atoms with E-state index >= 15 is 0 Å². The van der Waals surface area contributed by atoms with Crippen LogP contribution in [0.2, 0.25) is 0 Å². The second-order valence-corrected chi connectivity index (χ2v) is 3.87. The molecule has 94 valence electrons. The normalized spacial score (nSPS) is 9.84. The maximum absolute atomic E-state index is 11.7. The Labute approximate surface area is 108 Å². The molecule has 0 fully saturated rings. The molecule has 0 aliphatic heterocycles. The Morgan fingerprint density at radius 3 is 2.42 bits per heavy atom. The predicted molar refractivity (Wildman–Crippen MR) is 68.5 cm³/mol. The van der Waals surface area contributed by atoms with Crippen molar-refractivity contribution in [3.63, 3.8) is 0 Å². The fourth-order valence-corrected chi connectivity index (χ4v) is 1.66. The third-order valence-corrected chi connectivity index (χ3v) is 2.65. The standard InChI is InChI=1S/C13H9N3O3/c14-8-7-10-3-6-12(15-13(10)17)9-1-4-11(5-2-9)16(18)19/h1-6H,7H2,(H,15,17). The van der Waals surface area contributed by atoms with Gasteiger partial charge in [0.05, 0.1) is 17.4 Å². The number of hydrogen-bond donors (Lipinski definition) is 1. The van der Waals surface area contributed by atoms with Crippen molar-refractivity contribution in [2.24, 2.45) is 0 Å². The summed E-state index contributed by atoms with van der Waals surface area (Å²) in [4.78, 5) is 24.4. The van der Waals surface area contributed by atoms with E-state index in [1.54, 1.807) is 24.3 Å². The third-order valence-electron chi connectivity index (χ3n) is 2.65. The molecule has 19 heavy (non-hydrogen) atoms. The first-order valence-corrected chi connectivity index (χ1v) is 5.46. The van der Waals surface area contributed by atoms with Gasteiger partial charge < -0.3 is 4.98 Å². The number of non-ortho nitro benzene ring substituents is 1. The molecule has 0 bridgehead atoms. The molecule has 2 rings (SSSR count). The number of aromatic amines is 1. The van der Waals surface area contributed by atoms with E-state index in [1.165, 1.54) is 12.1 Å². The van der Waals surface area contributed by atoms with E-state index < -0.39 is 4.92 Å². The van der Waals surface area contributed by atoms with Gasteiger partial charge >= 0.3 is 0 Å². The maximum Gasteiger partial charge on any atom is 0.269 e. The zero-order valence-corrected chi connectivity index (χ0v) is 9.79. The fourth-order valence-electron chi connectivity index (χ4n) is 1.66. The van der Waals surface area contributed by atoms with E-state index in [2.05, 4.69) is 4.98 Å². The van der Waals surface area contributed by atoms with Gasteiger partial charge in [-0.2, -0.15) is 5.26 Å². The van der Waals surface area contributed by atoms with Crippen LogP contribution < -0.4 is 5.56 Å². The predicted octanol–water partition coefficient (Wildman–Crippen LogP) is 2.02. The Bertz CT molecular complexity index is 711. The Morgan fingerprint density at radius 2 is 1.89 bits per heavy atom. The van der Waals surface area contributed by atoms with Crippen molar-refractivity contribution in [2.45, 2.75) is 6.42 Å². The lowest BCUT2D eigenvalue weighted by Crippen LogP contribution is -2.12. The molecule has 2 aromatic rings. The highest BCUT2D eigenvalue weighted by Gasteiger charge is 2.06. The molecule has 0 aliphatic carbocycles. The summed E-state index contributed by atoms with van der Waals surface area (Å²) in [6.45, 7) is 0. The van der Waals surface area contributed by atoms with Crippen LogP contribution >= 0.6 is 0 Å². The Kier molecular flexibility index (Phi) is 3.39. The van der Waals surface area contributed by atoms with Crippen LogP contribution in [0.3, 0.4) is 0 Å². The van der Waals surface area contributed by atoms with E-state index in [-0.39, 0.29) is 17.7 Å². The number of pyridine rings is 1. The molecule has 0 spiro atoms. The molecule has 0 saturated heterocycles. The van der Waals surface area contributed by atoms with Crippen LogP contribution in [0.4, 0.5) is 5.69 Å². The maximum atomic E-state index is 11.7. The highest BCUT2D eigenvalue weighted by Crippen LogP contribution is 2.19. The minimum atomic E-state index is -0.484. The minimum absolute atomic E-state index is 0.00722. The quantitative estimate of drug-likeness (QED) is 0.669. The number of hydrogen-bond acceptors (Lipinski definition) is 4. The van der Waals surface area contributed by atoms with Gasteiger partial charge in [0.15, 0.2) is 0 Å². The summed E-state index contributed by atoms with van der Waals surface area (Å²) in [6, 6.07) is 11.0. The second kappa shape index (κ2) is 5.14. The average molecular weight is 255 g/mol. The van der Waals surface area contributed by atoms with E-state index in [1.807, 2.05) is 6.07 Å². The highest BCUT2D eigenvalue weighted by atomic mass is 16.6. The Morgan fingerprint density at radius 1 is 1.21 bits per heavy atom. The molecule has 1 aromatic heterocycles. The number of H-pyrrole nitrogens is 1. The lowest BCUT2D eigenvalue weighted by Gasteiger charge is -2.02. The van der Waals surface area contributed by atoms with Gasteiger partial charge in [0.1, 0.15) is 0 Å². The van der Waals surface area contributed by atoms with Crippen molar-refractivity contribution < 1.29 is 4.92 Å². The molecule has 0 amide bonds. The number of nitrogens with zero attached hydrogens (tertiary/aromatic N) is 2. The molecule has 6 nitrogen and oxygen atoms in total. The van der Waals surface area contributed by atoms with Crippen LogP contribution in [0.15, 0.2) is 41.2 Å². The van der Waals surface area contributed by atoms with Gasteiger partial charge in [-0.05, 0) is 23.8 Å². The molecule has 6 heteroatoms. The number of nitro benzene ring substituents is 1. The zero-order chi connectivity index (χ0) is 13.8.